The van der Waals surface area contributed by atoms with Crippen molar-refractivity contribution in [3.05, 3.63) is 20.8 Å². The second-order valence-electron chi connectivity index (χ2n) is 3.39. The van der Waals surface area contributed by atoms with Crippen LogP contribution >= 0.6 is 27.3 Å². The average Bonchev–Trinajstić information content (AvgIpc) is 2.52. The van der Waals surface area contributed by atoms with Gasteiger partial charge in [-0.3, -0.25) is 0 Å². The number of thiophene rings is 1. The third kappa shape index (κ3) is 4.09. The zero-order valence-corrected chi connectivity index (χ0v) is 11.1. The van der Waals surface area contributed by atoms with Gasteiger partial charge in [-0.05, 0) is 61.0 Å². The second-order valence-corrected chi connectivity index (χ2v) is 5.24. The smallest absolute Gasteiger partial charge is 0.0336 e. The van der Waals surface area contributed by atoms with Crippen LogP contribution in [0.5, 0.6) is 0 Å². The van der Waals surface area contributed by atoms with Gasteiger partial charge >= 0.3 is 0 Å². The fourth-order valence-corrected chi connectivity index (χ4v) is 2.84. The molecule has 0 saturated heterocycles. The SMILES string of the molecule is CNCCCN(C)Cc1sccc1Br. The van der Waals surface area contributed by atoms with Crippen molar-refractivity contribution in [2.24, 2.45) is 0 Å². The van der Waals surface area contributed by atoms with Crippen molar-refractivity contribution in [1.29, 1.82) is 0 Å². The fourth-order valence-electron chi connectivity index (χ4n) is 1.29. The standard InChI is InChI=1S/C10H17BrN2S/c1-12-5-3-6-13(2)8-10-9(11)4-7-14-10/h4,7,12H,3,5-6,8H2,1-2H3. The van der Waals surface area contributed by atoms with E-state index in [0.29, 0.717) is 0 Å². The Balaban J connectivity index is 2.27. The highest BCUT2D eigenvalue weighted by atomic mass is 79.9. The summed E-state index contributed by atoms with van der Waals surface area (Å²) in [6, 6.07) is 2.11. The van der Waals surface area contributed by atoms with Gasteiger partial charge in [-0.2, -0.15) is 0 Å². The molecular weight excluding hydrogens is 260 g/mol. The van der Waals surface area contributed by atoms with Gasteiger partial charge < -0.3 is 10.2 Å². The van der Waals surface area contributed by atoms with Crippen LogP contribution in [0.15, 0.2) is 15.9 Å². The number of rotatable bonds is 6. The van der Waals surface area contributed by atoms with Crippen LogP contribution in [0.2, 0.25) is 0 Å². The molecule has 0 spiro atoms. The molecule has 1 aromatic heterocycles. The molecule has 2 nitrogen and oxygen atoms in total. The predicted octanol–water partition coefficient (Wildman–Crippen LogP) is 2.55. The minimum atomic E-state index is 1.04. The largest absolute Gasteiger partial charge is 0.320 e. The minimum Gasteiger partial charge on any atom is -0.320 e. The summed E-state index contributed by atoms with van der Waals surface area (Å²) in [5.41, 5.74) is 0. The highest BCUT2D eigenvalue weighted by Gasteiger charge is 2.04. The molecule has 1 N–H and O–H groups in total. The summed E-state index contributed by atoms with van der Waals surface area (Å²) < 4.78 is 1.24. The number of hydrogen-bond donors (Lipinski definition) is 1. The molecule has 1 rings (SSSR count). The van der Waals surface area contributed by atoms with E-state index >= 15 is 0 Å². The minimum absolute atomic E-state index is 1.04. The molecule has 0 unspecified atom stereocenters. The first-order chi connectivity index (χ1) is 6.74. The Morgan fingerprint density at radius 1 is 1.57 bits per heavy atom. The molecule has 0 amide bonds. The zero-order chi connectivity index (χ0) is 10.4. The lowest BCUT2D eigenvalue weighted by atomic mass is 10.3. The lowest BCUT2D eigenvalue weighted by molar-refractivity contribution is 0.323. The lowest BCUT2D eigenvalue weighted by Crippen LogP contribution is -2.22. The summed E-state index contributed by atoms with van der Waals surface area (Å²) in [6.45, 7) is 3.28. The quantitative estimate of drug-likeness (QED) is 0.804. The molecule has 0 aliphatic carbocycles. The first kappa shape index (κ1) is 12.2. The summed E-state index contributed by atoms with van der Waals surface area (Å²) >= 11 is 5.36. The van der Waals surface area contributed by atoms with E-state index < -0.39 is 0 Å². The third-order valence-corrected chi connectivity index (χ3v) is 3.98. The number of nitrogens with zero attached hydrogens (tertiary/aromatic N) is 1. The van der Waals surface area contributed by atoms with E-state index in [1.165, 1.54) is 15.8 Å². The van der Waals surface area contributed by atoms with Crippen molar-refractivity contribution in [3.8, 4) is 0 Å². The Morgan fingerprint density at radius 2 is 2.36 bits per heavy atom. The van der Waals surface area contributed by atoms with E-state index in [-0.39, 0.29) is 0 Å². The van der Waals surface area contributed by atoms with E-state index in [1.807, 2.05) is 18.4 Å². The predicted molar refractivity (Wildman–Crippen MR) is 66.9 cm³/mol. The van der Waals surface area contributed by atoms with Gasteiger partial charge in [0.15, 0.2) is 0 Å². The third-order valence-electron chi connectivity index (χ3n) is 2.07. The zero-order valence-electron chi connectivity index (χ0n) is 8.72. The summed E-state index contributed by atoms with van der Waals surface area (Å²) in [7, 11) is 4.16. The second kappa shape index (κ2) is 6.56. The maximum atomic E-state index is 3.55. The van der Waals surface area contributed by atoms with E-state index in [2.05, 4.69) is 44.6 Å². The maximum Gasteiger partial charge on any atom is 0.0336 e. The number of halogens is 1. The van der Waals surface area contributed by atoms with Crippen molar-refractivity contribution < 1.29 is 0 Å². The summed E-state index contributed by atoms with van der Waals surface area (Å²) in [4.78, 5) is 3.77. The molecule has 14 heavy (non-hydrogen) atoms. The lowest BCUT2D eigenvalue weighted by Gasteiger charge is -2.15. The molecule has 0 fully saturated rings. The van der Waals surface area contributed by atoms with Gasteiger partial charge in [0.1, 0.15) is 0 Å². The van der Waals surface area contributed by atoms with Gasteiger partial charge in [0.2, 0.25) is 0 Å². The Labute approximate surface area is 98.4 Å². The van der Waals surface area contributed by atoms with E-state index in [4.69, 9.17) is 0 Å². The van der Waals surface area contributed by atoms with Crippen molar-refractivity contribution >= 4 is 27.3 Å². The molecule has 1 heterocycles. The number of hydrogen-bond acceptors (Lipinski definition) is 3. The molecule has 0 aromatic carbocycles. The van der Waals surface area contributed by atoms with Crippen molar-refractivity contribution in [3.63, 3.8) is 0 Å². The molecule has 80 valence electrons. The van der Waals surface area contributed by atoms with Crippen LogP contribution < -0.4 is 5.32 Å². The maximum absolute atomic E-state index is 3.55. The van der Waals surface area contributed by atoms with Crippen LogP contribution in [0.1, 0.15) is 11.3 Å². The first-order valence-corrected chi connectivity index (χ1v) is 6.46. The van der Waals surface area contributed by atoms with Gasteiger partial charge in [0.05, 0.1) is 0 Å². The van der Waals surface area contributed by atoms with Crippen LogP contribution in [-0.4, -0.2) is 32.1 Å². The van der Waals surface area contributed by atoms with Gasteiger partial charge in [0, 0.05) is 15.9 Å². The molecular formula is C10H17BrN2S. The highest BCUT2D eigenvalue weighted by molar-refractivity contribution is 9.10. The molecule has 1 aromatic rings. The molecule has 0 atom stereocenters. The van der Waals surface area contributed by atoms with Crippen LogP contribution in [0.4, 0.5) is 0 Å². The number of nitrogens with one attached hydrogen (secondary N) is 1. The van der Waals surface area contributed by atoms with E-state index in [0.717, 1.165) is 19.6 Å². The molecule has 0 bridgehead atoms. The summed E-state index contributed by atoms with van der Waals surface area (Å²) in [6.07, 6.45) is 1.20. The van der Waals surface area contributed by atoms with Crippen molar-refractivity contribution in [1.82, 2.24) is 10.2 Å². The monoisotopic (exact) mass is 276 g/mol. The van der Waals surface area contributed by atoms with Crippen molar-refractivity contribution in [2.75, 3.05) is 27.2 Å². The van der Waals surface area contributed by atoms with E-state index in [1.54, 1.807) is 0 Å². The molecule has 0 aliphatic rings. The Morgan fingerprint density at radius 3 is 2.93 bits per heavy atom. The van der Waals surface area contributed by atoms with Crippen LogP contribution in [-0.2, 0) is 6.54 Å². The Kier molecular flexibility index (Phi) is 5.70. The summed E-state index contributed by atoms with van der Waals surface area (Å²) in [5, 5.41) is 5.29. The highest BCUT2D eigenvalue weighted by Crippen LogP contribution is 2.23. The van der Waals surface area contributed by atoms with E-state index in [9.17, 15) is 0 Å². The normalized spacial score (nSPS) is 11.1. The molecule has 0 radical (unpaired) electrons. The molecule has 0 saturated carbocycles. The first-order valence-electron chi connectivity index (χ1n) is 4.79. The Bertz CT molecular complexity index is 262. The van der Waals surface area contributed by atoms with Crippen molar-refractivity contribution in [2.45, 2.75) is 13.0 Å². The van der Waals surface area contributed by atoms with Crippen LogP contribution in [0, 0.1) is 0 Å². The van der Waals surface area contributed by atoms with Crippen LogP contribution in [0.25, 0.3) is 0 Å². The average molecular weight is 277 g/mol. The van der Waals surface area contributed by atoms with Gasteiger partial charge in [-0.25, -0.2) is 0 Å². The fraction of sp³-hybridized carbons (Fsp3) is 0.600. The van der Waals surface area contributed by atoms with Crippen LogP contribution in [0.3, 0.4) is 0 Å². The topological polar surface area (TPSA) is 15.3 Å². The molecule has 4 heteroatoms. The van der Waals surface area contributed by atoms with Gasteiger partial charge in [0.25, 0.3) is 0 Å². The van der Waals surface area contributed by atoms with Gasteiger partial charge in [-0.1, -0.05) is 0 Å². The Hall–Kier alpha value is 0.100. The summed E-state index contributed by atoms with van der Waals surface area (Å²) in [5.74, 6) is 0. The molecule has 0 aliphatic heterocycles. The van der Waals surface area contributed by atoms with Gasteiger partial charge in [-0.15, -0.1) is 11.3 Å².